The summed E-state index contributed by atoms with van der Waals surface area (Å²) >= 11 is 1.73. The van der Waals surface area contributed by atoms with Gasteiger partial charge in [-0.25, -0.2) is 8.42 Å². The third-order valence-electron chi connectivity index (χ3n) is 2.31. The summed E-state index contributed by atoms with van der Waals surface area (Å²) in [4.78, 5) is 3.31. The molecular weight excluding hydrogens is 254 g/mol. The van der Waals surface area contributed by atoms with Crippen LogP contribution in [-0.4, -0.2) is 27.8 Å². The fourth-order valence-corrected chi connectivity index (χ4v) is 3.37. The van der Waals surface area contributed by atoms with Crippen molar-refractivity contribution in [2.75, 3.05) is 24.2 Å². The Labute approximate surface area is 97.8 Å². The number of hydrogen-bond acceptors (Lipinski definition) is 4. The first kappa shape index (κ1) is 11.1. The van der Waals surface area contributed by atoms with Gasteiger partial charge in [0.25, 0.3) is 9.05 Å². The van der Waals surface area contributed by atoms with Crippen molar-refractivity contribution in [2.45, 2.75) is 9.79 Å². The molecule has 0 bridgehead atoms. The standard InChI is InChI=1S/C9H10ClNO2S2/c1-11-4-5-14-9-3-2-7(6-8(9)11)15(10,12)13/h2-3,6H,4-5H2,1H3. The number of hydrogen-bond donors (Lipinski definition) is 0. The second kappa shape index (κ2) is 3.88. The molecule has 1 heterocycles. The first-order valence-electron chi connectivity index (χ1n) is 4.41. The van der Waals surface area contributed by atoms with Crippen LogP contribution in [0.3, 0.4) is 0 Å². The van der Waals surface area contributed by atoms with Crippen LogP contribution in [0.25, 0.3) is 0 Å². The number of anilines is 1. The summed E-state index contributed by atoms with van der Waals surface area (Å²) in [5.41, 5.74) is 0.938. The van der Waals surface area contributed by atoms with Crippen LogP contribution < -0.4 is 4.90 Å². The van der Waals surface area contributed by atoms with E-state index in [1.807, 2.05) is 18.0 Å². The van der Waals surface area contributed by atoms with Crippen molar-refractivity contribution < 1.29 is 8.42 Å². The molecule has 3 nitrogen and oxygen atoms in total. The van der Waals surface area contributed by atoms with Gasteiger partial charge in [0.1, 0.15) is 0 Å². The molecule has 0 saturated heterocycles. The Balaban J connectivity index is 2.53. The Kier molecular flexibility index (Phi) is 2.87. The normalized spacial score (nSPS) is 16.3. The molecule has 1 aromatic carbocycles. The second-order valence-corrected chi connectivity index (χ2v) is 7.04. The lowest BCUT2D eigenvalue weighted by molar-refractivity contribution is 0.609. The molecule has 0 aromatic heterocycles. The van der Waals surface area contributed by atoms with Crippen molar-refractivity contribution >= 4 is 37.2 Å². The maximum atomic E-state index is 11.2. The van der Waals surface area contributed by atoms with Crippen molar-refractivity contribution in [1.29, 1.82) is 0 Å². The first-order chi connectivity index (χ1) is 6.98. The zero-order chi connectivity index (χ0) is 11.1. The van der Waals surface area contributed by atoms with Crippen molar-refractivity contribution in [3.8, 4) is 0 Å². The Hall–Kier alpha value is -0.390. The second-order valence-electron chi connectivity index (χ2n) is 3.34. The van der Waals surface area contributed by atoms with E-state index < -0.39 is 9.05 Å². The molecule has 6 heteroatoms. The fourth-order valence-electron chi connectivity index (χ4n) is 1.48. The van der Waals surface area contributed by atoms with Crippen LogP contribution in [0.1, 0.15) is 0 Å². The van der Waals surface area contributed by atoms with Gasteiger partial charge in [0, 0.05) is 34.9 Å². The topological polar surface area (TPSA) is 37.4 Å². The van der Waals surface area contributed by atoms with E-state index in [0.717, 1.165) is 22.9 Å². The van der Waals surface area contributed by atoms with Crippen LogP contribution in [0.5, 0.6) is 0 Å². The average Bonchev–Trinajstić information content (AvgIpc) is 2.16. The lowest BCUT2D eigenvalue weighted by Crippen LogP contribution is -2.24. The van der Waals surface area contributed by atoms with E-state index >= 15 is 0 Å². The molecule has 1 aliphatic heterocycles. The van der Waals surface area contributed by atoms with Gasteiger partial charge in [-0.05, 0) is 18.2 Å². The molecular formula is C9H10ClNO2S2. The molecule has 0 atom stereocenters. The Morgan fingerprint density at radius 2 is 2.20 bits per heavy atom. The van der Waals surface area contributed by atoms with Gasteiger partial charge in [-0.1, -0.05) is 0 Å². The van der Waals surface area contributed by atoms with Gasteiger partial charge in [-0.15, -0.1) is 11.8 Å². The third kappa shape index (κ3) is 2.24. The number of benzene rings is 1. The molecule has 15 heavy (non-hydrogen) atoms. The van der Waals surface area contributed by atoms with Crippen LogP contribution in [0.4, 0.5) is 5.69 Å². The molecule has 0 spiro atoms. The average molecular weight is 264 g/mol. The molecule has 0 aliphatic carbocycles. The van der Waals surface area contributed by atoms with E-state index in [2.05, 4.69) is 0 Å². The molecule has 0 saturated carbocycles. The van der Waals surface area contributed by atoms with Gasteiger partial charge < -0.3 is 4.90 Å². The van der Waals surface area contributed by atoms with E-state index in [9.17, 15) is 8.42 Å². The lowest BCUT2D eigenvalue weighted by atomic mass is 10.3. The molecule has 2 rings (SSSR count). The van der Waals surface area contributed by atoms with Crippen LogP contribution >= 0.6 is 22.4 Å². The number of fused-ring (bicyclic) bond motifs is 1. The van der Waals surface area contributed by atoms with Crippen LogP contribution in [0, 0.1) is 0 Å². The fraction of sp³-hybridized carbons (Fsp3) is 0.333. The molecule has 82 valence electrons. The van der Waals surface area contributed by atoms with Crippen molar-refractivity contribution in [1.82, 2.24) is 0 Å². The summed E-state index contributed by atoms with van der Waals surface area (Å²) < 4.78 is 22.3. The van der Waals surface area contributed by atoms with E-state index in [-0.39, 0.29) is 4.90 Å². The lowest BCUT2D eigenvalue weighted by Gasteiger charge is -2.27. The summed E-state index contributed by atoms with van der Waals surface area (Å²) in [5.74, 6) is 1.02. The largest absolute Gasteiger partial charge is 0.373 e. The van der Waals surface area contributed by atoms with Crippen LogP contribution in [0.2, 0.25) is 0 Å². The quantitative estimate of drug-likeness (QED) is 0.728. The number of halogens is 1. The molecule has 0 fully saturated rings. The number of rotatable bonds is 1. The van der Waals surface area contributed by atoms with Gasteiger partial charge in [-0.3, -0.25) is 0 Å². The van der Waals surface area contributed by atoms with Gasteiger partial charge in [0.15, 0.2) is 0 Å². The predicted molar refractivity (Wildman–Crippen MR) is 63.5 cm³/mol. The molecule has 0 unspecified atom stereocenters. The highest BCUT2D eigenvalue weighted by molar-refractivity contribution is 8.13. The zero-order valence-corrected chi connectivity index (χ0v) is 10.5. The Bertz CT molecular complexity index is 487. The van der Waals surface area contributed by atoms with Gasteiger partial charge in [0.2, 0.25) is 0 Å². The molecule has 0 amide bonds. The maximum Gasteiger partial charge on any atom is 0.261 e. The van der Waals surface area contributed by atoms with Crippen molar-refractivity contribution in [3.63, 3.8) is 0 Å². The van der Waals surface area contributed by atoms with Crippen molar-refractivity contribution in [3.05, 3.63) is 18.2 Å². The minimum atomic E-state index is -3.62. The predicted octanol–water partition coefficient (Wildman–Crippen LogP) is 2.16. The highest BCUT2D eigenvalue weighted by Gasteiger charge is 2.18. The van der Waals surface area contributed by atoms with Gasteiger partial charge in [0.05, 0.1) is 10.6 Å². The zero-order valence-electron chi connectivity index (χ0n) is 8.10. The van der Waals surface area contributed by atoms with Crippen molar-refractivity contribution in [2.24, 2.45) is 0 Å². The molecule has 0 radical (unpaired) electrons. The number of thioether (sulfide) groups is 1. The van der Waals surface area contributed by atoms with Gasteiger partial charge in [-0.2, -0.15) is 0 Å². The Morgan fingerprint density at radius 3 is 2.87 bits per heavy atom. The Morgan fingerprint density at radius 1 is 1.47 bits per heavy atom. The summed E-state index contributed by atoms with van der Waals surface area (Å²) in [5, 5.41) is 0. The van der Waals surface area contributed by atoms with E-state index in [4.69, 9.17) is 10.7 Å². The highest BCUT2D eigenvalue weighted by Crippen LogP contribution is 2.35. The summed E-state index contributed by atoms with van der Waals surface area (Å²) in [6.45, 7) is 0.920. The molecule has 0 N–H and O–H groups in total. The monoisotopic (exact) mass is 263 g/mol. The van der Waals surface area contributed by atoms with Gasteiger partial charge >= 0.3 is 0 Å². The highest BCUT2D eigenvalue weighted by atomic mass is 35.7. The molecule has 1 aromatic rings. The first-order valence-corrected chi connectivity index (χ1v) is 7.70. The van der Waals surface area contributed by atoms with Crippen LogP contribution in [0.15, 0.2) is 28.0 Å². The van der Waals surface area contributed by atoms with E-state index in [0.29, 0.717) is 0 Å². The molecule has 1 aliphatic rings. The third-order valence-corrected chi connectivity index (χ3v) is 4.70. The maximum absolute atomic E-state index is 11.2. The summed E-state index contributed by atoms with van der Waals surface area (Å²) in [6.07, 6.45) is 0. The van der Waals surface area contributed by atoms with E-state index in [1.165, 1.54) is 0 Å². The summed E-state index contributed by atoms with van der Waals surface area (Å²) in [6, 6.07) is 4.99. The summed E-state index contributed by atoms with van der Waals surface area (Å²) in [7, 11) is 3.62. The van der Waals surface area contributed by atoms with Crippen LogP contribution in [-0.2, 0) is 9.05 Å². The minimum absolute atomic E-state index is 0.164. The number of nitrogens with zero attached hydrogens (tertiary/aromatic N) is 1. The minimum Gasteiger partial charge on any atom is -0.373 e. The SMILES string of the molecule is CN1CCSc2ccc(S(=O)(=O)Cl)cc21. The smallest absolute Gasteiger partial charge is 0.261 e. The van der Waals surface area contributed by atoms with E-state index in [1.54, 1.807) is 23.9 Å².